The van der Waals surface area contributed by atoms with Crippen molar-refractivity contribution >= 4 is 17.4 Å². The fourth-order valence-electron chi connectivity index (χ4n) is 3.78. The van der Waals surface area contributed by atoms with E-state index >= 15 is 0 Å². The smallest absolute Gasteiger partial charge is 0.295 e. The first-order valence-corrected chi connectivity index (χ1v) is 11.4. The summed E-state index contributed by atoms with van der Waals surface area (Å²) >= 11 is 0. The van der Waals surface area contributed by atoms with E-state index in [1.165, 1.54) is 11.2 Å². The van der Waals surface area contributed by atoms with Crippen molar-refractivity contribution in [2.24, 2.45) is 5.92 Å². The van der Waals surface area contributed by atoms with Crippen LogP contribution in [0.4, 0.5) is 0 Å². The lowest BCUT2D eigenvalue weighted by atomic mass is 9.98. The van der Waals surface area contributed by atoms with E-state index in [0.29, 0.717) is 49.2 Å². The maximum absolute atomic E-state index is 13.0. The van der Waals surface area contributed by atoms with Crippen LogP contribution in [0.5, 0.6) is 5.75 Å². The second-order valence-electron chi connectivity index (χ2n) is 8.97. The van der Waals surface area contributed by atoms with E-state index in [1.807, 2.05) is 20.8 Å². The zero-order chi connectivity index (χ0) is 24.1. The molecule has 1 atom stereocenters. The van der Waals surface area contributed by atoms with Crippen LogP contribution >= 0.6 is 0 Å². The molecule has 1 aliphatic rings. The van der Waals surface area contributed by atoms with E-state index < -0.39 is 17.7 Å². The van der Waals surface area contributed by atoms with Gasteiger partial charge in [0.15, 0.2) is 0 Å². The third-order valence-electron chi connectivity index (χ3n) is 5.37. The van der Waals surface area contributed by atoms with Crippen LogP contribution in [0.1, 0.15) is 57.0 Å². The van der Waals surface area contributed by atoms with Gasteiger partial charge in [0, 0.05) is 18.7 Å². The van der Waals surface area contributed by atoms with Crippen LogP contribution < -0.4 is 4.74 Å². The average Bonchev–Trinajstić information content (AvgIpc) is 3.37. The molecule has 2 heterocycles. The van der Waals surface area contributed by atoms with Gasteiger partial charge in [-0.15, -0.1) is 0 Å². The highest BCUT2D eigenvalue weighted by Crippen LogP contribution is 2.40. The van der Waals surface area contributed by atoms with Crippen LogP contribution in [0.3, 0.4) is 0 Å². The number of Topliss-reactive ketones (excluding diaryl/α,β-unsaturated/α-hetero) is 1. The van der Waals surface area contributed by atoms with Gasteiger partial charge in [0.1, 0.15) is 23.3 Å². The molecular formula is C26H33NO6. The molecule has 0 saturated carbocycles. The summed E-state index contributed by atoms with van der Waals surface area (Å²) in [6.45, 7) is 11.2. The van der Waals surface area contributed by atoms with E-state index in [-0.39, 0.29) is 17.4 Å². The van der Waals surface area contributed by atoms with Crippen LogP contribution in [-0.2, 0) is 14.3 Å². The first-order valence-electron chi connectivity index (χ1n) is 11.4. The molecular weight excluding hydrogens is 422 g/mol. The van der Waals surface area contributed by atoms with Gasteiger partial charge in [0.25, 0.3) is 11.7 Å². The zero-order valence-electron chi connectivity index (χ0n) is 20.0. The molecule has 1 saturated heterocycles. The monoisotopic (exact) mass is 455 g/mol. The molecule has 7 heteroatoms. The highest BCUT2D eigenvalue weighted by Gasteiger charge is 2.47. The van der Waals surface area contributed by atoms with Gasteiger partial charge in [-0.1, -0.05) is 13.8 Å². The molecule has 0 aliphatic carbocycles. The Labute approximate surface area is 195 Å². The van der Waals surface area contributed by atoms with Crippen molar-refractivity contribution in [2.75, 3.05) is 19.8 Å². The number of aryl methyl sites for hydroxylation is 1. The second kappa shape index (κ2) is 10.7. The number of rotatable bonds is 10. The molecule has 178 valence electrons. The standard InChI is InChI=1S/C26H33NO6/c1-16(2)15-33-20-10-9-19(14-18(20)5)24(28)22-23(21-8-6-12-32-21)27(26(30)25(22)29)11-7-13-31-17(3)4/h6,8-10,12,14,16-17,23,28H,7,11,13,15H2,1-5H3/b24-22-. The lowest BCUT2D eigenvalue weighted by Gasteiger charge is -2.23. The SMILES string of the molecule is Cc1cc(/C(O)=C2/C(=O)C(=O)N(CCCOC(C)C)C2c2ccco2)ccc1OCC(C)C. The van der Waals surface area contributed by atoms with Gasteiger partial charge in [-0.05, 0) is 69.0 Å². The number of ketones is 1. The minimum atomic E-state index is -0.795. The summed E-state index contributed by atoms with van der Waals surface area (Å²) in [7, 11) is 0. The van der Waals surface area contributed by atoms with Gasteiger partial charge in [0.2, 0.25) is 0 Å². The molecule has 0 bridgehead atoms. The predicted molar refractivity (Wildman–Crippen MR) is 125 cm³/mol. The number of benzene rings is 1. The number of ether oxygens (including phenoxy) is 2. The van der Waals surface area contributed by atoms with Gasteiger partial charge >= 0.3 is 0 Å². The van der Waals surface area contributed by atoms with E-state index in [4.69, 9.17) is 13.9 Å². The second-order valence-corrected chi connectivity index (χ2v) is 8.97. The Hall–Kier alpha value is -3.06. The number of furan rings is 1. The quantitative estimate of drug-likeness (QED) is 0.238. The van der Waals surface area contributed by atoms with Crippen molar-refractivity contribution in [3.05, 3.63) is 59.1 Å². The highest BCUT2D eigenvalue weighted by molar-refractivity contribution is 6.46. The van der Waals surface area contributed by atoms with Crippen molar-refractivity contribution in [1.29, 1.82) is 0 Å². The normalized spacial score (nSPS) is 18.0. The van der Waals surface area contributed by atoms with Crippen molar-refractivity contribution in [3.8, 4) is 5.75 Å². The number of aliphatic hydroxyl groups excluding tert-OH is 1. The lowest BCUT2D eigenvalue weighted by Crippen LogP contribution is -2.31. The average molecular weight is 456 g/mol. The Kier molecular flexibility index (Phi) is 7.97. The van der Waals surface area contributed by atoms with E-state index in [9.17, 15) is 14.7 Å². The van der Waals surface area contributed by atoms with E-state index in [0.717, 1.165) is 5.56 Å². The van der Waals surface area contributed by atoms with Crippen molar-refractivity contribution in [2.45, 2.75) is 53.2 Å². The summed E-state index contributed by atoms with van der Waals surface area (Å²) in [6.07, 6.45) is 2.13. The number of amides is 1. The largest absolute Gasteiger partial charge is 0.507 e. The molecule has 0 spiro atoms. The molecule has 1 aromatic heterocycles. The fraction of sp³-hybridized carbons (Fsp3) is 0.462. The molecule has 7 nitrogen and oxygen atoms in total. The molecule has 1 fully saturated rings. The minimum Gasteiger partial charge on any atom is -0.507 e. The number of aliphatic hydroxyl groups is 1. The van der Waals surface area contributed by atoms with Gasteiger partial charge in [0.05, 0.1) is 24.5 Å². The molecule has 1 unspecified atom stereocenters. The third-order valence-corrected chi connectivity index (χ3v) is 5.37. The van der Waals surface area contributed by atoms with Crippen LogP contribution in [-0.4, -0.2) is 47.6 Å². The van der Waals surface area contributed by atoms with Gasteiger partial charge in [-0.2, -0.15) is 0 Å². The minimum absolute atomic E-state index is 0.0231. The van der Waals surface area contributed by atoms with Crippen molar-refractivity contribution in [3.63, 3.8) is 0 Å². The molecule has 0 radical (unpaired) electrons. The predicted octanol–water partition coefficient (Wildman–Crippen LogP) is 4.86. The summed E-state index contributed by atoms with van der Waals surface area (Å²) in [5, 5.41) is 11.1. The molecule has 1 N–H and O–H groups in total. The van der Waals surface area contributed by atoms with E-state index in [1.54, 1.807) is 30.3 Å². The summed E-state index contributed by atoms with van der Waals surface area (Å²) in [5.74, 6) is -0.0861. The van der Waals surface area contributed by atoms with Gasteiger partial charge in [-0.25, -0.2) is 0 Å². The first-order chi connectivity index (χ1) is 15.7. The van der Waals surface area contributed by atoms with Crippen LogP contribution in [0.2, 0.25) is 0 Å². The Morgan fingerprint density at radius 2 is 1.94 bits per heavy atom. The van der Waals surface area contributed by atoms with Crippen molar-refractivity contribution < 1.29 is 28.6 Å². The van der Waals surface area contributed by atoms with Gasteiger partial charge < -0.3 is 23.9 Å². The van der Waals surface area contributed by atoms with Crippen molar-refractivity contribution in [1.82, 2.24) is 4.90 Å². The highest BCUT2D eigenvalue weighted by atomic mass is 16.5. The Balaban J connectivity index is 1.94. The van der Waals surface area contributed by atoms with Crippen LogP contribution in [0.25, 0.3) is 5.76 Å². The molecule has 2 aromatic rings. The zero-order valence-corrected chi connectivity index (χ0v) is 20.0. The van der Waals surface area contributed by atoms with Gasteiger partial charge in [-0.3, -0.25) is 9.59 Å². The molecule has 1 aromatic carbocycles. The fourth-order valence-corrected chi connectivity index (χ4v) is 3.78. The Bertz CT molecular complexity index is 1010. The lowest BCUT2D eigenvalue weighted by molar-refractivity contribution is -0.140. The Morgan fingerprint density at radius 3 is 2.55 bits per heavy atom. The molecule has 33 heavy (non-hydrogen) atoms. The summed E-state index contributed by atoms with van der Waals surface area (Å²) < 4.78 is 16.9. The number of likely N-dealkylation sites (tertiary alicyclic amines) is 1. The summed E-state index contributed by atoms with van der Waals surface area (Å²) in [4.78, 5) is 27.3. The first kappa shape index (κ1) is 24.6. The van der Waals surface area contributed by atoms with E-state index in [2.05, 4.69) is 13.8 Å². The summed E-state index contributed by atoms with van der Waals surface area (Å²) in [5.41, 5.74) is 1.30. The number of hydrogen-bond acceptors (Lipinski definition) is 6. The maximum atomic E-state index is 13.0. The third kappa shape index (κ3) is 5.66. The topological polar surface area (TPSA) is 89.2 Å². The Morgan fingerprint density at radius 1 is 1.18 bits per heavy atom. The van der Waals surface area contributed by atoms with Crippen LogP contribution in [0, 0.1) is 12.8 Å². The number of nitrogens with zero attached hydrogens (tertiary/aromatic N) is 1. The molecule has 3 rings (SSSR count). The maximum Gasteiger partial charge on any atom is 0.295 e. The van der Waals surface area contributed by atoms with Crippen LogP contribution in [0.15, 0.2) is 46.6 Å². The number of hydrogen-bond donors (Lipinski definition) is 1. The number of carbonyl (C=O) groups is 2. The molecule has 1 amide bonds. The molecule has 1 aliphatic heterocycles. The summed E-state index contributed by atoms with van der Waals surface area (Å²) in [6, 6.07) is 7.83. The number of carbonyl (C=O) groups excluding carboxylic acids is 2.